The average Bonchev–Trinajstić information content (AvgIpc) is 2.91. The van der Waals surface area contributed by atoms with Gasteiger partial charge in [-0.25, -0.2) is 8.42 Å². The Morgan fingerprint density at radius 3 is 1.87 bits per heavy atom. The number of aromatic hydroxyl groups is 1. The number of nitrogens with two attached hydrogens (primary N) is 1. The fourth-order valence-corrected chi connectivity index (χ4v) is 7.64. The summed E-state index contributed by atoms with van der Waals surface area (Å²) in [6.45, 7) is 0. The number of phenols is 1. The Hall–Kier alpha value is -3.82. The van der Waals surface area contributed by atoms with Crippen molar-refractivity contribution in [1.29, 1.82) is 0 Å². The lowest BCUT2D eigenvalue weighted by molar-refractivity contribution is 0.102. The molecule has 0 saturated heterocycles. The molecule has 0 bridgehead atoms. The number of rotatable bonds is 9. The third-order valence-electron chi connectivity index (χ3n) is 5.99. The van der Waals surface area contributed by atoms with Crippen molar-refractivity contribution >= 4 is 79.8 Å². The van der Waals surface area contributed by atoms with E-state index in [-0.39, 0.29) is 50.8 Å². The summed E-state index contributed by atoms with van der Waals surface area (Å²) in [5.74, 6) is -1.03. The number of anilines is 2. The van der Waals surface area contributed by atoms with Gasteiger partial charge in [0.25, 0.3) is 36.3 Å². The first-order chi connectivity index (χ1) is 21.1. The minimum absolute atomic E-state index is 0.0162. The molecule has 0 aromatic heterocycles. The lowest BCUT2D eigenvalue weighted by Gasteiger charge is -2.09. The number of nitrogens with one attached hydrogen (secondary N) is 1. The first-order valence-corrected chi connectivity index (χ1v) is 19.0. The van der Waals surface area contributed by atoms with Crippen LogP contribution < -0.4 is 11.1 Å². The van der Waals surface area contributed by atoms with Gasteiger partial charge in [-0.2, -0.15) is 25.3 Å². The molecule has 1 amide bonds. The van der Waals surface area contributed by atoms with Gasteiger partial charge >= 0.3 is 0 Å². The van der Waals surface area contributed by atoms with E-state index in [1.54, 1.807) is 0 Å². The highest BCUT2D eigenvalue weighted by Gasteiger charge is 2.21. The molecule has 0 radical (unpaired) electrons. The second-order valence-electron chi connectivity index (χ2n) is 9.44. The van der Waals surface area contributed by atoms with Crippen molar-refractivity contribution in [3.05, 3.63) is 83.9 Å². The van der Waals surface area contributed by atoms with E-state index in [9.17, 15) is 43.6 Å². The Morgan fingerprint density at radius 1 is 0.739 bits per heavy atom. The summed E-state index contributed by atoms with van der Waals surface area (Å²) in [6.07, 6.45) is 0. The maximum Gasteiger partial charge on any atom is 0.296 e. The van der Waals surface area contributed by atoms with Gasteiger partial charge < -0.3 is 16.2 Å². The highest BCUT2D eigenvalue weighted by molar-refractivity contribution is 7.90. The number of fused-ring (bicyclic) bond motifs is 1. The predicted molar refractivity (Wildman–Crippen MR) is 169 cm³/mol. The summed E-state index contributed by atoms with van der Waals surface area (Å²) >= 11 is 5.45. The molecule has 0 aliphatic carbocycles. The average molecular weight is 737 g/mol. The van der Waals surface area contributed by atoms with Crippen molar-refractivity contribution in [2.75, 3.05) is 22.7 Å². The smallest absolute Gasteiger partial charge is 0.296 e. The molecule has 7 N–H and O–H groups in total. The van der Waals surface area contributed by atoms with E-state index in [1.807, 2.05) is 0 Å². The summed E-state index contributed by atoms with van der Waals surface area (Å²) in [4.78, 5) is 10.4. The van der Waals surface area contributed by atoms with Crippen LogP contribution in [0.1, 0.15) is 15.9 Å². The largest absolute Gasteiger partial charge is 0.508 e. The van der Waals surface area contributed by atoms with Crippen LogP contribution in [0.5, 0.6) is 5.75 Å². The molecule has 4 aromatic carbocycles. The Bertz CT molecular complexity index is 2240. The molecule has 0 atom stereocenters. The third-order valence-corrected chi connectivity index (χ3v) is 10.7. The molecule has 0 aliphatic rings. The van der Waals surface area contributed by atoms with Gasteiger partial charge in [0.05, 0.1) is 22.1 Å². The van der Waals surface area contributed by atoms with E-state index in [2.05, 4.69) is 5.32 Å². The topological polar surface area (TPSA) is 273 Å². The number of sulfone groups is 1. The molecule has 20 heteroatoms. The van der Waals surface area contributed by atoms with Gasteiger partial charge in [-0.1, -0.05) is 18.2 Å². The second-order valence-corrected chi connectivity index (χ2v) is 16.2. The number of hydrogen-bond donors (Lipinski definition) is 6. The first kappa shape index (κ1) is 36.6. The van der Waals surface area contributed by atoms with Gasteiger partial charge in [-0.3, -0.25) is 18.5 Å². The van der Waals surface area contributed by atoms with Crippen LogP contribution in [0.25, 0.3) is 10.8 Å². The number of phenolic OH excluding ortho intramolecular Hbond substituents is 1. The number of halogens is 1. The number of nitrogen functional groups attached to an aromatic ring is 1. The number of carbonyl (C=O) groups is 1. The van der Waals surface area contributed by atoms with Crippen molar-refractivity contribution in [3.63, 3.8) is 0 Å². The van der Waals surface area contributed by atoms with E-state index in [0.717, 1.165) is 18.2 Å². The van der Waals surface area contributed by atoms with Crippen LogP contribution in [0, 0.1) is 0 Å². The van der Waals surface area contributed by atoms with Crippen LogP contribution in [0.15, 0.2) is 87.5 Å². The minimum atomic E-state index is -4.72. The molecule has 0 saturated carbocycles. The van der Waals surface area contributed by atoms with Crippen molar-refractivity contribution in [1.82, 2.24) is 0 Å². The van der Waals surface area contributed by atoms with Crippen molar-refractivity contribution in [3.8, 4) is 5.75 Å². The maximum absolute atomic E-state index is 12.3. The quantitative estimate of drug-likeness (QED) is 0.0819. The molecular formula is C26H25ClN2O13S4. The summed E-state index contributed by atoms with van der Waals surface area (Å²) in [5.41, 5.74) is 6.39. The predicted octanol–water partition coefficient (Wildman–Crippen LogP) is 2.96. The van der Waals surface area contributed by atoms with Gasteiger partial charge in [0.15, 0.2) is 9.84 Å². The van der Waals surface area contributed by atoms with E-state index in [4.69, 9.17) is 31.0 Å². The van der Waals surface area contributed by atoms with Crippen LogP contribution >= 0.6 is 11.6 Å². The monoisotopic (exact) mass is 736 g/mol. The molecule has 15 nitrogen and oxygen atoms in total. The van der Waals surface area contributed by atoms with Crippen LogP contribution in [-0.4, -0.2) is 70.0 Å². The molecule has 0 heterocycles. The number of amides is 1. The zero-order chi connectivity index (χ0) is 34.7. The summed E-state index contributed by atoms with van der Waals surface area (Å²) < 4.78 is 117. The zero-order valence-corrected chi connectivity index (χ0v) is 27.1. The SMILES string of the molecule is Nc1cc(NC(=O)c2ccc(CS(=O)(=O)CCCl)cc2)ccc1S(=O)(=O)O.O=S(=O)(O)c1cc(S(=O)(=O)O)c2cc(O)ccc2c1. The van der Waals surface area contributed by atoms with E-state index in [0.29, 0.717) is 11.6 Å². The number of alkyl halides is 1. The Kier molecular flexibility index (Phi) is 11.1. The zero-order valence-electron chi connectivity index (χ0n) is 23.1. The molecule has 248 valence electrons. The second kappa shape index (κ2) is 13.9. The molecule has 0 unspecified atom stereocenters. The maximum atomic E-state index is 12.3. The summed E-state index contributed by atoms with van der Waals surface area (Å²) in [5, 5.41) is 11.9. The van der Waals surface area contributed by atoms with Crippen molar-refractivity contribution in [2.45, 2.75) is 20.4 Å². The molecule has 0 fully saturated rings. The fraction of sp³-hybridized carbons (Fsp3) is 0.115. The minimum Gasteiger partial charge on any atom is -0.508 e. The number of carbonyl (C=O) groups excluding carboxylic acids is 1. The highest BCUT2D eigenvalue weighted by atomic mass is 35.5. The summed E-state index contributed by atoms with van der Waals surface area (Å²) in [7, 11) is -17.1. The third kappa shape index (κ3) is 9.84. The lowest BCUT2D eigenvalue weighted by Crippen LogP contribution is -2.13. The van der Waals surface area contributed by atoms with Crippen molar-refractivity contribution in [2.24, 2.45) is 0 Å². The van der Waals surface area contributed by atoms with Gasteiger partial charge in [0.1, 0.15) is 15.5 Å². The van der Waals surface area contributed by atoms with E-state index in [1.165, 1.54) is 48.5 Å². The molecule has 0 aliphatic heterocycles. The number of benzene rings is 4. The standard InChI is InChI=1S/C16H17ClN2O6S2.C10H8O7S2/c17-7-8-26(21,22)10-11-1-3-12(4-2-11)16(20)19-13-5-6-15(14(18)9-13)27(23,24)25;11-7-2-1-6-3-8(18(12,13)14)5-10(9(6)4-7)19(15,16)17/h1-6,9H,7-8,10,18H2,(H,19,20)(H,23,24,25);1-5,11H,(H,12,13,14)(H,15,16,17). The van der Waals surface area contributed by atoms with E-state index >= 15 is 0 Å². The van der Waals surface area contributed by atoms with Gasteiger partial charge in [-0.15, -0.1) is 11.6 Å². The Morgan fingerprint density at radius 2 is 1.35 bits per heavy atom. The normalized spacial score (nSPS) is 12.3. The molecular weight excluding hydrogens is 712 g/mol. The Labute approximate surface area is 268 Å². The van der Waals surface area contributed by atoms with Crippen LogP contribution in [0.2, 0.25) is 0 Å². The molecule has 0 spiro atoms. The molecule has 46 heavy (non-hydrogen) atoms. The summed E-state index contributed by atoms with van der Waals surface area (Å²) in [6, 6.07) is 14.7. The van der Waals surface area contributed by atoms with E-state index < -0.39 is 60.8 Å². The number of hydrogen-bond acceptors (Lipinski definition) is 11. The van der Waals surface area contributed by atoms with Gasteiger partial charge in [0.2, 0.25) is 0 Å². The van der Waals surface area contributed by atoms with Gasteiger partial charge in [0, 0.05) is 22.5 Å². The van der Waals surface area contributed by atoms with Crippen LogP contribution in [-0.2, 0) is 45.9 Å². The highest BCUT2D eigenvalue weighted by Crippen LogP contribution is 2.30. The Balaban J connectivity index is 0.000000266. The van der Waals surface area contributed by atoms with Crippen molar-refractivity contribution < 1.29 is 57.2 Å². The first-order valence-electron chi connectivity index (χ1n) is 12.4. The molecule has 4 aromatic rings. The van der Waals surface area contributed by atoms with Crippen LogP contribution in [0.3, 0.4) is 0 Å². The fourth-order valence-electron chi connectivity index (χ4n) is 3.91. The lowest BCUT2D eigenvalue weighted by atomic mass is 10.1. The molecule has 4 rings (SSSR count). The van der Waals surface area contributed by atoms with Crippen LogP contribution in [0.4, 0.5) is 11.4 Å². The van der Waals surface area contributed by atoms with Gasteiger partial charge in [-0.05, 0) is 65.5 Å².